The molecule has 0 unspecified atom stereocenters. The fourth-order valence-corrected chi connectivity index (χ4v) is 1.76. The largest absolute Gasteiger partial charge is 0.504 e. The number of benzene rings is 2. The Hall–Kier alpha value is -2.89. The number of nitrogens with one attached hydrogen (secondary N) is 2. The molecule has 0 heterocycles. The van der Waals surface area contributed by atoms with Crippen LogP contribution in [0.3, 0.4) is 0 Å². The van der Waals surface area contributed by atoms with Crippen molar-refractivity contribution >= 4 is 17.5 Å². The molecule has 0 saturated heterocycles. The van der Waals surface area contributed by atoms with Crippen molar-refractivity contribution < 1.29 is 19.7 Å². The highest BCUT2D eigenvalue weighted by Crippen LogP contribution is 2.28. The molecular formula is C15H16N2O4. The Balaban J connectivity index is 1.97. The fraction of sp³-hybridized carbons (Fsp3) is 0.133. The van der Waals surface area contributed by atoms with Gasteiger partial charge in [-0.25, -0.2) is 4.79 Å². The summed E-state index contributed by atoms with van der Waals surface area (Å²) in [6.07, 6.45) is -0.527. The first kappa shape index (κ1) is 14.5. The van der Waals surface area contributed by atoms with Crippen LogP contribution in [0.25, 0.3) is 0 Å². The second-order valence-electron chi connectivity index (χ2n) is 4.33. The molecule has 2 aromatic rings. The van der Waals surface area contributed by atoms with Gasteiger partial charge in [-0.05, 0) is 30.3 Å². The van der Waals surface area contributed by atoms with E-state index in [9.17, 15) is 15.0 Å². The van der Waals surface area contributed by atoms with E-state index in [1.807, 2.05) is 0 Å². The first-order valence-corrected chi connectivity index (χ1v) is 6.29. The summed E-state index contributed by atoms with van der Waals surface area (Å²) in [7, 11) is 1.30. The lowest BCUT2D eigenvalue weighted by molar-refractivity contribution is 0.187. The van der Waals surface area contributed by atoms with E-state index in [1.54, 1.807) is 36.4 Å². The van der Waals surface area contributed by atoms with Crippen molar-refractivity contribution in [1.82, 2.24) is 0 Å². The van der Waals surface area contributed by atoms with Crippen molar-refractivity contribution in [2.45, 2.75) is 6.54 Å². The van der Waals surface area contributed by atoms with Crippen molar-refractivity contribution in [2.24, 2.45) is 0 Å². The second-order valence-corrected chi connectivity index (χ2v) is 4.33. The molecular weight excluding hydrogens is 272 g/mol. The van der Waals surface area contributed by atoms with Crippen molar-refractivity contribution in [3.63, 3.8) is 0 Å². The monoisotopic (exact) mass is 288 g/mol. The molecule has 0 aliphatic rings. The maximum Gasteiger partial charge on any atom is 0.411 e. The van der Waals surface area contributed by atoms with Crippen LogP contribution in [0.15, 0.2) is 42.5 Å². The van der Waals surface area contributed by atoms with Crippen LogP contribution in [-0.4, -0.2) is 23.4 Å². The molecule has 4 N–H and O–H groups in total. The normalized spacial score (nSPS) is 9.95. The number of methoxy groups -OCH3 is 1. The zero-order chi connectivity index (χ0) is 15.2. The number of hydrogen-bond donors (Lipinski definition) is 4. The summed E-state index contributed by atoms with van der Waals surface area (Å²) in [5.41, 5.74) is 2.02. The van der Waals surface area contributed by atoms with Crippen molar-refractivity contribution in [3.05, 3.63) is 48.0 Å². The number of ether oxygens (including phenoxy) is 1. The number of para-hydroxylation sites is 1. The first-order valence-electron chi connectivity index (χ1n) is 6.29. The van der Waals surface area contributed by atoms with Gasteiger partial charge in [-0.2, -0.15) is 0 Å². The van der Waals surface area contributed by atoms with Crippen LogP contribution in [0.2, 0.25) is 0 Å². The quantitative estimate of drug-likeness (QED) is 0.649. The summed E-state index contributed by atoms with van der Waals surface area (Å²) in [6.45, 7) is 0.365. The van der Waals surface area contributed by atoms with Gasteiger partial charge >= 0.3 is 6.09 Å². The van der Waals surface area contributed by atoms with E-state index in [2.05, 4.69) is 15.4 Å². The summed E-state index contributed by atoms with van der Waals surface area (Å²) >= 11 is 0. The van der Waals surface area contributed by atoms with Crippen LogP contribution in [0.1, 0.15) is 5.56 Å². The lowest BCUT2D eigenvalue weighted by Gasteiger charge is -2.10. The maximum absolute atomic E-state index is 11.0. The number of aromatic hydroxyl groups is 2. The van der Waals surface area contributed by atoms with Crippen LogP contribution in [-0.2, 0) is 11.3 Å². The Morgan fingerprint density at radius 2 is 1.76 bits per heavy atom. The van der Waals surface area contributed by atoms with E-state index in [0.717, 1.165) is 5.69 Å². The van der Waals surface area contributed by atoms with Crippen molar-refractivity contribution in [3.8, 4) is 11.5 Å². The Labute approximate surface area is 122 Å². The molecule has 2 rings (SSSR count). The zero-order valence-corrected chi connectivity index (χ0v) is 11.5. The van der Waals surface area contributed by atoms with Crippen LogP contribution in [0, 0.1) is 0 Å². The van der Waals surface area contributed by atoms with E-state index in [1.165, 1.54) is 13.2 Å². The Morgan fingerprint density at radius 3 is 2.43 bits per heavy atom. The Bertz CT molecular complexity index is 626. The number of rotatable bonds is 4. The van der Waals surface area contributed by atoms with Gasteiger partial charge in [-0.3, -0.25) is 5.32 Å². The topological polar surface area (TPSA) is 90.8 Å². The highest BCUT2D eigenvalue weighted by molar-refractivity contribution is 5.84. The Kier molecular flexibility index (Phi) is 4.50. The van der Waals surface area contributed by atoms with Gasteiger partial charge in [-0.15, -0.1) is 0 Å². The molecule has 0 bridgehead atoms. The van der Waals surface area contributed by atoms with E-state index in [4.69, 9.17) is 0 Å². The van der Waals surface area contributed by atoms with Gasteiger partial charge in [0, 0.05) is 23.5 Å². The standard InChI is InChI=1S/C15H16N2O4/c1-21-15(20)17-12-7-5-11(6-8-12)16-9-10-3-2-4-13(18)14(10)19/h2-8,16,18-19H,9H2,1H3,(H,17,20). The number of carbonyl (C=O) groups excluding carboxylic acids is 1. The SMILES string of the molecule is COC(=O)Nc1ccc(NCc2cccc(O)c2O)cc1. The maximum atomic E-state index is 11.0. The predicted molar refractivity (Wildman–Crippen MR) is 79.6 cm³/mol. The Morgan fingerprint density at radius 1 is 1.10 bits per heavy atom. The molecule has 0 radical (unpaired) electrons. The van der Waals surface area contributed by atoms with Crippen molar-refractivity contribution in [2.75, 3.05) is 17.7 Å². The third-order valence-corrected chi connectivity index (χ3v) is 2.90. The predicted octanol–water partition coefficient (Wildman–Crippen LogP) is 2.89. The van der Waals surface area contributed by atoms with E-state index >= 15 is 0 Å². The summed E-state index contributed by atoms with van der Waals surface area (Å²) in [5.74, 6) is -0.277. The van der Waals surface area contributed by atoms with Crippen molar-refractivity contribution in [1.29, 1.82) is 0 Å². The minimum Gasteiger partial charge on any atom is -0.504 e. The molecule has 110 valence electrons. The molecule has 0 aromatic heterocycles. The summed E-state index contributed by atoms with van der Waals surface area (Å²) in [4.78, 5) is 11.0. The summed E-state index contributed by atoms with van der Waals surface area (Å²) in [5, 5.41) is 24.8. The van der Waals surface area contributed by atoms with E-state index in [0.29, 0.717) is 17.8 Å². The average molecular weight is 288 g/mol. The van der Waals surface area contributed by atoms with Gasteiger partial charge in [0.25, 0.3) is 0 Å². The molecule has 0 aliphatic carbocycles. The van der Waals surface area contributed by atoms with Crippen LogP contribution < -0.4 is 10.6 Å². The smallest absolute Gasteiger partial charge is 0.411 e. The van der Waals surface area contributed by atoms with Crippen LogP contribution in [0.5, 0.6) is 11.5 Å². The van der Waals surface area contributed by atoms with Gasteiger partial charge in [-0.1, -0.05) is 12.1 Å². The highest BCUT2D eigenvalue weighted by Gasteiger charge is 2.05. The van der Waals surface area contributed by atoms with Gasteiger partial charge in [0.2, 0.25) is 0 Å². The highest BCUT2D eigenvalue weighted by atomic mass is 16.5. The first-order chi connectivity index (χ1) is 10.1. The molecule has 0 saturated carbocycles. The summed E-state index contributed by atoms with van der Waals surface area (Å²) < 4.78 is 4.50. The zero-order valence-electron chi connectivity index (χ0n) is 11.5. The number of phenols is 2. The lowest BCUT2D eigenvalue weighted by atomic mass is 10.2. The molecule has 6 heteroatoms. The molecule has 0 aliphatic heterocycles. The lowest BCUT2D eigenvalue weighted by Crippen LogP contribution is -2.10. The number of phenolic OH excluding ortho intramolecular Hbond substituents is 2. The molecule has 6 nitrogen and oxygen atoms in total. The minimum absolute atomic E-state index is 0.131. The van der Waals surface area contributed by atoms with Gasteiger partial charge in [0.05, 0.1) is 7.11 Å². The molecule has 21 heavy (non-hydrogen) atoms. The van der Waals surface area contributed by atoms with E-state index in [-0.39, 0.29) is 11.5 Å². The molecule has 2 aromatic carbocycles. The van der Waals surface area contributed by atoms with Gasteiger partial charge in [0.15, 0.2) is 11.5 Å². The fourth-order valence-electron chi connectivity index (χ4n) is 1.76. The third-order valence-electron chi connectivity index (χ3n) is 2.90. The number of anilines is 2. The third kappa shape index (κ3) is 3.79. The molecule has 1 amide bonds. The number of carbonyl (C=O) groups is 1. The minimum atomic E-state index is -0.527. The number of amides is 1. The second kappa shape index (κ2) is 6.51. The van der Waals surface area contributed by atoms with Crippen LogP contribution in [0.4, 0.5) is 16.2 Å². The average Bonchev–Trinajstić information content (AvgIpc) is 2.50. The van der Waals surface area contributed by atoms with E-state index < -0.39 is 6.09 Å². The van der Waals surface area contributed by atoms with Gasteiger partial charge in [0.1, 0.15) is 0 Å². The van der Waals surface area contributed by atoms with Crippen LogP contribution >= 0.6 is 0 Å². The molecule has 0 atom stereocenters. The summed E-state index contributed by atoms with van der Waals surface area (Å²) in [6, 6.07) is 11.8. The number of hydrogen-bond acceptors (Lipinski definition) is 5. The molecule has 0 fully saturated rings. The molecule has 0 spiro atoms. The van der Waals surface area contributed by atoms with Gasteiger partial charge < -0.3 is 20.3 Å².